The highest BCUT2D eigenvalue weighted by atomic mass is 79.9. The molecule has 1 aliphatic carbocycles. The van der Waals surface area contributed by atoms with E-state index < -0.39 is 0 Å². The molecule has 0 spiro atoms. The first-order chi connectivity index (χ1) is 8.24. The largest absolute Gasteiger partial charge is 0.391 e. The molecule has 90 valence electrons. The van der Waals surface area contributed by atoms with Crippen LogP contribution in [0.1, 0.15) is 12.8 Å². The second kappa shape index (κ2) is 4.27. The van der Waals surface area contributed by atoms with Crippen LogP contribution in [0.4, 0.5) is 5.95 Å². The summed E-state index contributed by atoms with van der Waals surface area (Å²) in [6.45, 7) is 0.513. The van der Waals surface area contributed by atoms with Crippen molar-refractivity contribution in [3.05, 3.63) is 22.8 Å². The van der Waals surface area contributed by atoms with Gasteiger partial charge in [0.15, 0.2) is 5.65 Å². The smallest absolute Gasteiger partial charge is 0.243 e. The summed E-state index contributed by atoms with van der Waals surface area (Å²) in [6, 6.07) is 3.82. The van der Waals surface area contributed by atoms with Crippen molar-refractivity contribution >= 4 is 27.5 Å². The van der Waals surface area contributed by atoms with E-state index in [1.165, 1.54) is 0 Å². The summed E-state index contributed by atoms with van der Waals surface area (Å²) < 4.78 is 2.61. The summed E-state index contributed by atoms with van der Waals surface area (Å²) >= 11 is 3.42. The van der Waals surface area contributed by atoms with E-state index in [0.29, 0.717) is 18.4 Å². The number of anilines is 1. The average Bonchev–Trinajstić information content (AvgIpc) is 3.07. The zero-order valence-corrected chi connectivity index (χ0v) is 10.8. The van der Waals surface area contributed by atoms with Gasteiger partial charge in [-0.05, 0) is 46.8 Å². The van der Waals surface area contributed by atoms with Gasteiger partial charge in [-0.1, -0.05) is 0 Å². The molecule has 2 N–H and O–H groups in total. The minimum Gasteiger partial charge on any atom is -0.391 e. The van der Waals surface area contributed by atoms with Crippen LogP contribution in [0.15, 0.2) is 22.8 Å². The van der Waals surface area contributed by atoms with Gasteiger partial charge in [0, 0.05) is 12.7 Å². The molecule has 2 aromatic heterocycles. The minimum atomic E-state index is -0.287. The molecule has 3 rings (SSSR count). The van der Waals surface area contributed by atoms with Crippen LogP contribution >= 0.6 is 15.9 Å². The van der Waals surface area contributed by atoms with Crippen LogP contribution in [0.25, 0.3) is 5.65 Å². The summed E-state index contributed by atoms with van der Waals surface area (Å²) in [6.07, 6.45) is 3.82. The zero-order valence-electron chi connectivity index (χ0n) is 9.17. The summed E-state index contributed by atoms with van der Waals surface area (Å²) in [5.41, 5.74) is 0.774. The number of halogens is 1. The van der Waals surface area contributed by atoms with Crippen LogP contribution in [0.3, 0.4) is 0 Å². The second-order valence-electron chi connectivity index (χ2n) is 4.35. The van der Waals surface area contributed by atoms with Crippen LogP contribution in [0, 0.1) is 5.92 Å². The zero-order chi connectivity index (χ0) is 11.8. The van der Waals surface area contributed by atoms with Gasteiger partial charge in [0.1, 0.15) is 0 Å². The highest BCUT2D eigenvalue weighted by Crippen LogP contribution is 2.32. The molecular weight excluding hydrogens is 284 g/mol. The van der Waals surface area contributed by atoms with Crippen molar-refractivity contribution in [2.45, 2.75) is 18.9 Å². The fourth-order valence-electron chi connectivity index (χ4n) is 1.79. The molecule has 17 heavy (non-hydrogen) atoms. The van der Waals surface area contributed by atoms with E-state index in [0.717, 1.165) is 23.0 Å². The number of nitrogens with one attached hydrogen (secondary N) is 1. The molecule has 0 radical (unpaired) electrons. The number of aromatic nitrogens is 3. The summed E-state index contributed by atoms with van der Waals surface area (Å²) in [5.74, 6) is 1.02. The van der Waals surface area contributed by atoms with Crippen LogP contribution in [-0.2, 0) is 0 Å². The molecule has 2 heterocycles. The SMILES string of the molecule is OC(CNc1nc2c(Br)cccn2n1)C1CC1. The van der Waals surface area contributed by atoms with Gasteiger partial charge < -0.3 is 10.4 Å². The Morgan fingerprint density at radius 3 is 3.12 bits per heavy atom. The van der Waals surface area contributed by atoms with Crippen LogP contribution < -0.4 is 5.32 Å². The number of rotatable bonds is 4. The van der Waals surface area contributed by atoms with Gasteiger partial charge in [-0.25, -0.2) is 4.52 Å². The summed E-state index contributed by atoms with van der Waals surface area (Å²) in [5, 5.41) is 17.1. The molecule has 0 aliphatic heterocycles. The van der Waals surface area contributed by atoms with E-state index in [-0.39, 0.29) is 6.10 Å². The van der Waals surface area contributed by atoms with Crippen LogP contribution in [0.5, 0.6) is 0 Å². The molecule has 0 bridgehead atoms. The highest BCUT2D eigenvalue weighted by Gasteiger charge is 2.29. The molecule has 0 amide bonds. The molecule has 0 aromatic carbocycles. The number of pyridine rings is 1. The molecule has 1 saturated carbocycles. The number of aliphatic hydroxyl groups excluding tert-OH is 1. The van der Waals surface area contributed by atoms with Gasteiger partial charge in [0.25, 0.3) is 0 Å². The normalized spacial score (nSPS) is 17.3. The molecule has 6 heteroatoms. The van der Waals surface area contributed by atoms with Crippen molar-refractivity contribution < 1.29 is 5.11 Å². The average molecular weight is 297 g/mol. The molecular formula is C11H13BrN4O. The topological polar surface area (TPSA) is 62.5 Å². The molecule has 1 atom stereocenters. The van der Waals surface area contributed by atoms with Crippen LogP contribution in [0.2, 0.25) is 0 Å². The Hall–Kier alpha value is -1.14. The van der Waals surface area contributed by atoms with Gasteiger partial charge >= 0.3 is 0 Å². The van der Waals surface area contributed by atoms with Gasteiger partial charge in [0.05, 0.1) is 10.6 Å². The predicted octanol–water partition coefficient (Wildman–Crippen LogP) is 1.67. The first-order valence-corrected chi connectivity index (χ1v) is 6.46. The van der Waals surface area contributed by atoms with E-state index in [9.17, 15) is 5.11 Å². The third-order valence-corrected chi connectivity index (χ3v) is 3.57. The lowest BCUT2D eigenvalue weighted by Gasteiger charge is -2.08. The quantitative estimate of drug-likeness (QED) is 0.901. The first-order valence-electron chi connectivity index (χ1n) is 5.67. The van der Waals surface area contributed by atoms with Crippen molar-refractivity contribution in [2.24, 2.45) is 5.92 Å². The minimum absolute atomic E-state index is 0.287. The third-order valence-electron chi connectivity index (χ3n) is 2.95. The number of fused-ring (bicyclic) bond motifs is 1. The van der Waals surface area contributed by atoms with Gasteiger partial charge in [0.2, 0.25) is 5.95 Å². The number of hydrogen-bond acceptors (Lipinski definition) is 4. The van der Waals surface area contributed by atoms with Gasteiger partial charge in [-0.15, -0.1) is 5.10 Å². The van der Waals surface area contributed by atoms with Gasteiger partial charge in [-0.3, -0.25) is 0 Å². The van der Waals surface area contributed by atoms with Gasteiger partial charge in [-0.2, -0.15) is 4.98 Å². The molecule has 1 unspecified atom stereocenters. The Kier molecular flexibility index (Phi) is 2.76. The Bertz CT molecular complexity index is 537. The standard InChI is InChI=1S/C11H13BrN4O/c12-8-2-1-5-16-10(8)14-11(15-16)13-6-9(17)7-3-4-7/h1-2,5,7,9,17H,3-4,6H2,(H,13,15). The maximum atomic E-state index is 9.75. The number of nitrogens with zero attached hydrogens (tertiary/aromatic N) is 3. The second-order valence-corrected chi connectivity index (χ2v) is 5.20. The predicted molar refractivity (Wildman–Crippen MR) is 67.9 cm³/mol. The van der Waals surface area contributed by atoms with Crippen LogP contribution in [-0.4, -0.2) is 32.4 Å². The Balaban J connectivity index is 1.74. The molecule has 5 nitrogen and oxygen atoms in total. The van der Waals surface area contributed by atoms with E-state index in [4.69, 9.17) is 0 Å². The maximum absolute atomic E-state index is 9.75. The fourth-order valence-corrected chi connectivity index (χ4v) is 2.22. The van der Waals surface area contributed by atoms with Crippen molar-refractivity contribution in [3.63, 3.8) is 0 Å². The molecule has 2 aromatic rings. The molecule has 1 fully saturated rings. The molecule has 0 saturated heterocycles. The number of hydrogen-bond donors (Lipinski definition) is 2. The lowest BCUT2D eigenvalue weighted by molar-refractivity contribution is 0.164. The van der Waals surface area contributed by atoms with Crippen molar-refractivity contribution in [3.8, 4) is 0 Å². The first kappa shape index (κ1) is 11.0. The Morgan fingerprint density at radius 2 is 2.41 bits per heavy atom. The van der Waals surface area contributed by atoms with Crippen molar-refractivity contribution in [1.82, 2.24) is 14.6 Å². The monoisotopic (exact) mass is 296 g/mol. The number of aliphatic hydroxyl groups is 1. The lowest BCUT2D eigenvalue weighted by atomic mass is 10.2. The van der Waals surface area contributed by atoms with E-state index in [2.05, 4.69) is 31.3 Å². The molecule has 1 aliphatic rings. The van der Waals surface area contributed by atoms with E-state index in [1.807, 2.05) is 18.3 Å². The lowest BCUT2D eigenvalue weighted by Crippen LogP contribution is -2.21. The Labute approximate surface area is 107 Å². The van der Waals surface area contributed by atoms with Crippen molar-refractivity contribution in [2.75, 3.05) is 11.9 Å². The third kappa shape index (κ3) is 2.28. The Morgan fingerprint density at radius 1 is 1.59 bits per heavy atom. The van der Waals surface area contributed by atoms with Crippen molar-refractivity contribution in [1.29, 1.82) is 0 Å². The van der Waals surface area contributed by atoms with E-state index >= 15 is 0 Å². The highest BCUT2D eigenvalue weighted by molar-refractivity contribution is 9.10. The summed E-state index contributed by atoms with van der Waals surface area (Å²) in [7, 11) is 0. The fraction of sp³-hybridized carbons (Fsp3) is 0.455. The van der Waals surface area contributed by atoms with E-state index in [1.54, 1.807) is 4.52 Å². The maximum Gasteiger partial charge on any atom is 0.243 e. The summed E-state index contributed by atoms with van der Waals surface area (Å²) in [4.78, 5) is 4.35.